The molecule has 0 radical (unpaired) electrons. The van der Waals surface area contributed by atoms with Gasteiger partial charge in [0.25, 0.3) is 0 Å². The van der Waals surface area contributed by atoms with Crippen LogP contribution in [-0.4, -0.2) is 24.1 Å². The Bertz CT molecular complexity index is 555. The Labute approximate surface area is 100 Å². The molecular formula is C13H12N4. The average molecular weight is 224 g/mol. The van der Waals surface area contributed by atoms with Crippen LogP contribution in [0.4, 0.5) is 5.82 Å². The van der Waals surface area contributed by atoms with Gasteiger partial charge in [0, 0.05) is 19.7 Å². The first kappa shape index (κ1) is 11.1. The molecule has 0 spiro atoms. The molecule has 0 saturated carbocycles. The van der Waals surface area contributed by atoms with Crippen molar-refractivity contribution in [3.05, 3.63) is 42.2 Å². The van der Waals surface area contributed by atoms with E-state index in [0.29, 0.717) is 17.2 Å². The lowest BCUT2D eigenvalue weighted by Crippen LogP contribution is -2.13. The Hall–Kier alpha value is -2.41. The van der Waals surface area contributed by atoms with Crippen LogP contribution in [0.25, 0.3) is 11.3 Å². The molecule has 0 aliphatic rings. The van der Waals surface area contributed by atoms with E-state index in [9.17, 15) is 0 Å². The predicted octanol–water partition coefficient (Wildman–Crippen LogP) is 2.08. The van der Waals surface area contributed by atoms with Crippen molar-refractivity contribution in [2.24, 2.45) is 0 Å². The fraction of sp³-hybridized carbons (Fsp3) is 0.154. The smallest absolute Gasteiger partial charge is 0.183 e. The third-order valence-corrected chi connectivity index (χ3v) is 2.35. The zero-order valence-corrected chi connectivity index (χ0v) is 9.75. The molecule has 0 fully saturated rings. The summed E-state index contributed by atoms with van der Waals surface area (Å²) in [4.78, 5) is 10.4. The molecule has 0 aliphatic heterocycles. The van der Waals surface area contributed by atoms with Crippen LogP contribution in [0.15, 0.2) is 36.5 Å². The lowest BCUT2D eigenvalue weighted by Gasteiger charge is -2.12. The van der Waals surface area contributed by atoms with E-state index in [0.717, 1.165) is 5.56 Å². The summed E-state index contributed by atoms with van der Waals surface area (Å²) in [5.41, 5.74) is 2.02. The van der Waals surface area contributed by atoms with Gasteiger partial charge in [0.2, 0.25) is 0 Å². The van der Waals surface area contributed by atoms with Crippen LogP contribution in [0.2, 0.25) is 0 Å². The summed E-state index contributed by atoms with van der Waals surface area (Å²) in [6.45, 7) is 0. The molecule has 0 aliphatic carbocycles. The maximum absolute atomic E-state index is 9.06. The Morgan fingerprint density at radius 2 is 1.88 bits per heavy atom. The maximum atomic E-state index is 9.06. The molecule has 2 rings (SSSR count). The minimum atomic E-state index is 0.344. The van der Waals surface area contributed by atoms with Crippen LogP contribution in [0, 0.1) is 11.3 Å². The summed E-state index contributed by atoms with van der Waals surface area (Å²) in [5, 5.41) is 9.06. The standard InChI is InChI=1S/C13H12N4/c1-17(2)13-11(8-14)16-12(9-15-13)10-6-4-3-5-7-10/h3-7,9H,1-2H3. The lowest BCUT2D eigenvalue weighted by molar-refractivity contribution is 1.03. The molecule has 17 heavy (non-hydrogen) atoms. The number of benzene rings is 1. The van der Waals surface area contributed by atoms with E-state index in [1.165, 1.54) is 0 Å². The summed E-state index contributed by atoms with van der Waals surface area (Å²) in [6, 6.07) is 11.8. The summed E-state index contributed by atoms with van der Waals surface area (Å²) >= 11 is 0. The molecule has 0 amide bonds. The molecule has 0 N–H and O–H groups in total. The maximum Gasteiger partial charge on any atom is 0.183 e. The topological polar surface area (TPSA) is 52.8 Å². The van der Waals surface area contributed by atoms with Crippen molar-refractivity contribution in [3.63, 3.8) is 0 Å². The van der Waals surface area contributed by atoms with Crippen molar-refractivity contribution in [2.45, 2.75) is 0 Å². The van der Waals surface area contributed by atoms with Gasteiger partial charge in [-0.05, 0) is 0 Å². The summed E-state index contributed by atoms with van der Waals surface area (Å²) in [5.74, 6) is 0.590. The first-order valence-corrected chi connectivity index (χ1v) is 5.22. The van der Waals surface area contributed by atoms with E-state index in [-0.39, 0.29) is 0 Å². The zero-order valence-electron chi connectivity index (χ0n) is 9.75. The van der Waals surface area contributed by atoms with E-state index in [1.807, 2.05) is 44.4 Å². The molecule has 0 saturated heterocycles. The molecule has 0 bridgehead atoms. The van der Waals surface area contributed by atoms with Gasteiger partial charge < -0.3 is 4.90 Å². The van der Waals surface area contributed by atoms with Crippen molar-refractivity contribution in [2.75, 3.05) is 19.0 Å². The number of anilines is 1. The van der Waals surface area contributed by atoms with Crippen LogP contribution in [0.3, 0.4) is 0 Å². The third kappa shape index (κ3) is 2.23. The van der Waals surface area contributed by atoms with Crippen molar-refractivity contribution in [1.82, 2.24) is 9.97 Å². The highest BCUT2D eigenvalue weighted by Crippen LogP contribution is 2.19. The molecule has 0 unspecified atom stereocenters. The van der Waals surface area contributed by atoms with Gasteiger partial charge >= 0.3 is 0 Å². The number of nitrogens with zero attached hydrogens (tertiary/aromatic N) is 4. The Kier molecular flexibility index (Phi) is 3.01. The van der Waals surface area contributed by atoms with Crippen molar-refractivity contribution in [1.29, 1.82) is 5.26 Å². The normalized spacial score (nSPS) is 9.71. The molecule has 4 nitrogen and oxygen atoms in total. The second kappa shape index (κ2) is 4.62. The zero-order chi connectivity index (χ0) is 12.3. The molecule has 1 aromatic carbocycles. The second-order valence-corrected chi connectivity index (χ2v) is 3.80. The van der Waals surface area contributed by atoms with Gasteiger partial charge in [0.05, 0.1) is 11.9 Å². The molecule has 0 atom stereocenters. The van der Waals surface area contributed by atoms with Gasteiger partial charge in [-0.25, -0.2) is 9.97 Å². The van der Waals surface area contributed by atoms with Crippen molar-refractivity contribution < 1.29 is 0 Å². The Balaban J connectivity index is 2.50. The van der Waals surface area contributed by atoms with E-state index in [2.05, 4.69) is 16.0 Å². The third-order valence-electron chi connectivity index (χ3n) is 2.35. The molecule has 1 heterocycles. The van der Waals surface area contributed by atoms with E-state index >= 15 is 0 Å². The highest BCUT2D eigenvalue weighted by Gasteiger charge is 2.09. The monoisotopic (exact) mass is 224 g/mol. The van der Waals surface area contributed by atoms with Crippen molar-refractivity contribution >= 4 is 5.82 Å². The van der Waals surface area contributed by atoms with Crippen LogP contribution < -0.4 is 4.90 Å². The fourth-order valence-corrected chi connectivity index (χ4v) is 1.53. The van der Waals surface area contributed by atoms with E-state index in [1.54, 1.807) is 11.1 Å². The van der Waals surface area contributed by atoms with Gasteiger partial charge in [0.15, 0.2) is 11.5 Å². The Morgan fingerprint density at radius 3 is 2.47 bits per heavy atom. The number of rotatable bonds is 2. The second-order valence-electron chi connectivity index (χ2n) is 3.80. The number of hydrogen-bond acceptors (Lipinski definition) is 4. The van der Waals surface area contributed by atoms with Crippen LogP contribution in [0.1, 0.15) is 5.69 Å². The molecular weight excluding hydrogens is 212 g/mol. The first-order chi connectivity index (χ1) is 8.22. The van der Waals surface area contributed by atoms with E-state index in [4.69, 9.17) is 5.26 Å². The van der Waals surface area contributed by atoms with Crippen LogP contribution in [0.5, 0.6) is 0 Å². The number of hydrogen-bond donors (Lipinski definition) is 0. The number of nitriles is 1. The minimum absolute atomic E-state index is 0.344. The van der Waals surface area contributed by atoms with Gasteiger partial charge in [-0.15, -0.1) is 0 Å². The highest BCUT2D eigenvalue weighted by molar-refractivity contribution is 5.61. The van der Waals surface area contributed by atoms with Crippen LogP contribution in [-0.2, 0) is 0 Å². The SMILES string of the molecule is CN(C)c1ncc(-c2ccccc2)nc1C#N. The molecule has 84 valence electrons. The first-order valence-electron chi connectivity index (χ1n) is 5.22. The highest BCUT2D eigenvalue weighted by atomic mass is 15.1. The summed E-state index contributed by atoms with van der Waals surface area (Å²) < 4.78 is 0. The quantitative estimate of drug-likeness (QED) is 0.783. The Morgan fingerprint density at radius 1 is 1.18 bits per heavy atom. The largest absolute Gasteiger partial charge is 0.360 e. The lowest BCUT2D eigenvalue weighted by atomic mass is 10.1. The molecule has 4 heteroatoms. The molecule has 1 aromatic heterocycles. The van der Waals surface area contributed by atoms with Gasteiger partial charge in [-0.2, -0.15) is 5.26 Å². The van der Waals surface area contributed by atoms with Crippen molar-refractivity contribution in [3.8, 4) is 17.3 Å². The summed E-state index contributed by atoms with van der Waals surface area (Å²) in [6.07, 6.45) is 1.69. The van der Waals surface area contributed by atoms with Gasteiger partial charge in [-0.1, -0.05) is 30.3 Å². The predicted molar refractivity (Wildman–Crippen MR) is 66.5 cm³/mol. The van der Waals surface area contributed by atoms with E-state index < -0.39 is 0 Å². The van der Waals surface area contributed by atoms with Gasteiger partial charge in [0.1, 0.15) is 6.07 Å². The minimum Gasteiger partial charge on any atom is -0.360 e. The van der Waals surface area contributed by atoms with Gasteiger partial charge in [-0.3, -0.25) is 0 Å². The molecule has 2 aromatic rings. The number of aromatic nitrogens is 2. The summed E-state index contributed by atoms with van der Waals surface area (Å²) in [7, 11) is 3.68. The average Bonchev–Trinajstić information content (AvgIpc) is 2.39. The fourth-order valence-electron chi connectivity index (χ4n) is 1.53. The van der Waals surface area contributed by atoms with Crippen LogP contribution >= 0.6 is 0 Å².